The number of halogens is 1. The van der Waals surface area contributed by atoms with Crippen LogP contribution in [0.25, 0.3) is 10.9 Å². The van der Waals surface area contributed by atoms with E-state index in [1.807, 2.05) is 17.9 Å². The number of nitrogens with one attached hydrogen (secondary N) is 2. The van der Waals surface area contributed by atoms with E-state index in [0.29, 0.717) is 42.1 Å². The van der Waals surface area contributed by atoms with Crippen LogP contribution in [0.1, 0.15) is 42.6 Å². The zero-order chi connectivity index (χ0) is 36.8. The topological polar surface area (TPSA) is 180 Å². The summed E-state index contributed by atoms with van der Waals surface area (Å²) in [5.41, 5.74) is -0.161. The molecule has 3 fully saturated rings. The van der Waals surface area contributed by atoms with E-state index in [4.69, 9.17) is 9.47 Å². The summed E-state index contributed by atoms with van der Waals surface area (Å²) in [5, 5.41) is 25.3. The molecule has 4 atom stereocenters. The van der Waals surface area contributed by atoms with Gasteiger partial charge in [-0.25, -0.2) is 14.0 Å². The van der Waals surface area contributed by atoms with Crippen LogP contribution in [0.15, 0.2) is 58.7 Å². The third kappa shape index (κ3) is 6.45. The number of methoxy groups -OCH3 is 1. The van der Waals surface area contributed by atoms with Gasteiger partial charge in [0.15, 0.2) is 18.2 Å². The predicted octanol–water partition coefficient (Wildman–Crippen LogP) is 2.80. The predicted molar refractivity (Wildman–Crippen MR) is 189 cm³/mol. The zero-order valence-corrected chi connectivity index (χ0v) is 29.3. The minimum Gasteiger partial charge on any atom is -0.492 e. The van der Waals surface area contributed by atoms with Gasteiger partial charge in [0.25, 0.3) is 11.8 Å². The third-order valence-electron chi connectivity index (χ3n) is 10.1. The lowest BCUT2D eigenvalue weighted by Crippen LogP contribution is -2.71. The molecule has 1 saturated carbocycles. The zero-order valence-electron chi connectivity index (χ0n) is 28.5. The highest BCUT2D eigenvalue weighted by Gasteiger charge is 2.54. The van der Waals surface area contributed by atoms with Crippen LogP contribution in [0.4, 0.5) is 10.1 Å². The molecule has 1 unspecified atom stereocenters. The number of amides is 2. The standard InChI is InChI=1S/C36H38FN5O9S/c1-18(38-13-20-17-52-34-27(33(45)42(34)28(20)36(48)49)39-26(43)16-51-22-6-4-3-5-7-22)19-10-11-40(14-19)30-25(37)12-23-29(32(30)50-2)41(21-8-9-21)15-24(31(23)44)35(46)47/h3-7,12,15,18-19,21,27,34,38H,8-11,13-14,16-17H2,1-2H3,(H,39,43)(H,46,47)(H,48,49)/t18-,19+,27+,34?/m0/s1. The number of rotatable bonds is 13. The first kappa shape index (κ1) is 35.3. The molecule has 2 saturated heterocycles. The van der Waals surface area contributed by atoms with Gasteiger partial charge in [-0.05, 0) is 55.9 Å². The van der Waals surface area contributed by atoms with Gasteiger partial charge in [0.05, 0.1) is 18.0 Å². The van der Waals surface area contributed by atoms with Gasteiger partial charge in [0, 0.05) is 43.7 Å². The SMILES string of the molecule is COc1c(N2CC[C@@H]([C@H](C)NCC3=C(C(=O)O)N4C(=O)[C@@H](NC(=O)COc5ccccc5)C4SC3)C2)c(F)cc2c(=O)c(C(=O)O)cn(C3CC3)c12. The molecule has 3 aromatic rings. The van der Waals surface area contributed by atoms with Crippen molar-refractivity contribution < 1.29 is 43.3 Å². The van der Waals surface area contributed by atoms with Gasteiger partial charge in [0.2, 0.25) is 5.43 Å². The van der Waals surface area contributed by atoms with Crippen molar-refractivity contribution in [3.05, 3.63) is 75.5 Å². The lowest BCUT2D eigenvalue weighted by Gasteiger charge is -2.49. The molecular weight excluding hydrogens is 697 g/mol. The monoisotopic (exact) mass is 735 g/mol. The molecule has 0 spiro atoms. The van der Waals surface area contributed by atoms with Crippen molar-refractivity contribution in [2.45, 2.75) is 49.7 Å². The van der Waals surface area contributed by atoms with E-state index in [9.17, 15) is 34.2 Å². The third-order valence-corrected chi connectivity index (χ3v) is 11.5. The number of para-hydroxylation sites is 1. The van der Waals surface area contributed by atoms with Crippen molar-refractivity contribution in [3.63, 3.8) is 0 Å². The summed E-state index contributed by atoms with van der Waals surface area (Å²) in [6.07, 6.45) is 3.61. The van der Waals surface area contributed by atoms with Crippen molar-refractivity contribution >= 4 is 52.1 Å². The number of thioether (sulfide) groups is 1. The second-order valence-corrected chi connectivity index (χ2v) is 14.5. The number of hydrogen-bond donors (Lipinski definition) is 4. The average Bonchev–Trinajstić information content (AvgIpc) is 3.87. The summed E-state index contributed by atoms with van der Waals surface area (Å²) in [4.78, 5) is 66.1. The van der Waals surface area contributed by atoms with Gasteiger partial charge < -0.3 is 39.8 Å². The Kier molecular flexibility index (Phi) is 9.61. The highest BCUT2D eigenvalue weighted by molar-refractivity contribution is 8.00. The number of anilines is 1. The van der Waals surface area contributed by atoms with E-state index in [1.165, 1.54) is 30.0 Å². The minimum atomic E-state index is -1.37. The van der Waals surface area contributed by atoms with Crippen LogP contribution in [0.3, 0.4) is 0 Å². The number of nitrogens with zero attached hydrogens (tertiary/aromatic N) is 3. The van der Waals surface area contributed by atoms with Crippen molar-refractivity contribution in [1.29, 1.82) is 0 Å². The Morgan fingerprint density at radius 3 is 2.52 bits per heavy atom. The van der Waals surface area contributed by atoms with E-state index >= 15 is 4.39 Å². The molecule has 0 radical (unpaired) electrons. The first-order valence-electron chi connectivity index (χ1n) is 17.0. The first-order valence-corrected chi connectivity index (χ1v) is 18.1. The molecule has 4 aliphatic rings. The molecule has 0 bridgehead atoms. The first-order chi connectivity index (χ1) is 25.0. The fourth-order valence-corrected chi connectivity index (χ4v) is 8.62. The molecule has 52 heavy (non-hydrogen) atoms. The van der Waals surface area contributed by atoms with Crippen LogP contribution in [0, 0.1) is 11.7 Å². The van der Waals surface area contributed by atoms with Gasteiger partial charge in [-0.15, -0.1) is 11.8 Å². The number of carboxylic acid groups (broad SMARTS) is 2. The molecule has 16 heteroatoms. The minimum absolute atomic E-state index is 0.0158. The fourth-order valence-electron chi connectivity index (χ4n) is 7.27. The maximum Gasteiger partial charge on any atom is 0.352 e. The van der Waals surface area contributed by atoms with Gasteiger partial charge >= 0.3 is 11.9 Å². The van der Waals surface area contributed by atoms with Crippen LogP contribution in [0.5, 0.6) is 11.5 Å². The molecule has 4 heterocycles. The number of benzene rings is 2. The Morgan fingerprint density at radius 1 is 1.10 bits per heavy atom. The number of ether oxygens (including phenoxy) is 2. The van der Waals surface area contributed by atoms with E-state index in [0.717, 1.165) is 18.9 Å². The summed E-state index contributed by atoms with van der Waals surface area (Å²) in [5.74, 6) is -3.22. The van der Waals surface area contributed by atoms with E-state index in [2.05, 4.69) is 10.6 Å². The van der Waals surface area contributed by atoms with Crippen molar-refractivity contribution in [3.8, 4) is 11.5 Å². The molecule has 274 valence electrons. The maximum atomic E-state index is 15.9. The van der Waals surface area contributed by atoms with Crippen LogP contribution in [-0.4, -0.2) is 100.0 Å². The maximum absolute atomic E-state index is 15.9. The molecule has 2 amide bonds. The van der Waals surface area contributed by atoms with E-state index in [-0.39, 0.29) is 53.7 Å². The van der Waals surface area contributed by atoms with E-state index < -0.39 is 52.0 Å². The van der Waals surface area contributed by atoms with Crippen molar-refractivity contribution in [2.24, 2.45) is 5.92 Å². The number of hydrogen-bond acceptors (Lipinski definition) is 10. The second-order valence-electron chi connectivity index (χ2n) is 13.4. The lowest BCUT2D eigenvalue weighted by molar-refractivity contribution is -0.151. The number of carboxylic acids is 2. The Balaban J connectivity index is 1.02. The van der Waals surface area contributed by atoms with Crippen LogP contribution in [-0.2, 0) is 14.4 Å². The molecular formula is C36H38FN5O9S. The molecule has 3 aliphatic heterocycles. The fraction of sp³-hybridized carbons (Fsp3) is 0.417. The second kappa shape index (κ2) is 14.1. The Labute approximate surface area is 301 Å². The van der Waals surface area contributed by atoms with Crippen LogP contribution < -0.4 is 30.4 Å². The summed E-state index contributed by atoms with van der Waals surface area (Å²) < 4.78 is 28.8. The molecule has 1 aromatic heterocycles. The van der Waals surface area contributed by atoms with Crippen molar-refractivity contribution in [2.75, 3.05) is 44.0 Å². The van der Waals surface area contributed by atoms with Crippen molar-refractivity contribution in [1.82, 2.24) is 20.1 Å². The van der Waals surface area contributed by atoms with E-state index in [1.54, 1.807) is 28.8 Å². The number of pyridine rings is 1. The molecule has 1 aliphatic carbocycles. The number of aromatic carboxylic acids is 1. The number of aliphatic carboxylic acids is 1. The molecule has 2 aromatic carbocycles. The average molecular weight is 736 g/mol. The highest BCUT2D eigenvalue weighted by Crippen LogP contribution is 2.45. The smallest absolute Gasteiger partial charge is 0.352 e. The Morgan fingerprint density at radius 2 is 1.85 bits per heavy atom. The lowest BCUT2D eigenvalue weighted by atomic mass is 9.99. The number of fused-ring (bicyclic) bond motifs is 2. The number of carbonyl (C=O) groups is 4. The highest BCUT2D eigenvalue weighted by atomic mass is 32.2. The largest absolute Gasteiger partial charge is 0.492 e. The molecule has 14 nitrogen and oxygen atoms in total. The summed E-state index contributed by atoms with van der Waals surface area (Å²) in [6, 6.07) is 8.88. The van der Waals surface area contributed by atoms with Gasteiger partial charge in [0.1, 0.15) is 34.1 Å². The quantitative estimate of drug-likeness (QED) is 0.189. The number of carbonyl (C=O) groups excluding carboxylic acids is 2. The van der Waals surface area contributed by atoms with Crippen LogP contribution in [0.2, 0.25) is 0 Å². The summed E-state index contributed by atoms with van der Waals surface area (Å²) in [6.45, 7) is 2.82. The normalized spacial score (nSPS) is 21.8. The van der Waals surface area contributed by atoms with Gasteiger partial charge in [-0.3, -0.25) is 19.3 Å². The Hall–Kier alpha value is -5.09. The molecule has 7 rings (SSSR count). The van der Waals surface area contributed by atoms with Gasteiger partial charge in [-0.1, -0.05) is 18.2 Å². The number of β-lactam (4-membered cyclic amide) rings is 1. The summed E-state index contributed by atoms with van der Waals surface area (Å²) in [7, 11) is 1.40. The van der Waals surface area contributed by atoms with Crippen LogP contribution >= 0.6 is 11.8 Å². The molecule has 4 N–H and O–H groups in total. The van der Waals surface area contributed by atoms with Gasteiger partial charge in [-0.2, -0.15) is 0 Å². The number of aromatic nitrogens is 1. The summed E-state index contributed by atoms with van der Waals surface area (Å²) >= 11 is 1.38. The Bertz CT molecular complexity index is 2050.